The third-order valence-electron chi connectivity index (χ3n) is 1.11. The van der Waals surface area contributed by atoms with Gasteiger partial charge in [-0.15, -0.1) is 18.9 Å². The molecule has 44 valence electrons. The molecule has 0 N–H and O–H groups in total. The Kier molecular flexibility index (Phi) is 2.34. The van der Waals surface area contributed by atoms with Crippen molar-refractivity contribution in [2.24, 2.45) is 5.41 Å². The Bertz CT molecular complexity index is 112. The SMILES string of the molecule is C#CCC(C)(C)C=C. The summed E-state index contributed by atoms with van der Waals surface area (Å²) >= 11 is 0. The Hall–Kier alpha value is -0.700. The molecule has 0 atom stereocenters. The Labute approximate surface area is 51.6 Å². The number of hydrogen-bond donors (Lipinski definition) is 0. The minimum atomic E-state index is 0.120. The van der Waals surface area contributed by atoms with Gasteiger partial charge in [-0.2, -0.15) is 0 Å². The van der Waals surface area contributed by atoms with Gasteiger partial charge in [0.15, 0.2) is 0 Å². The zero-order valence-corrected chi connectivity index (χ0v) is 5.57. The molecule has 0 aliphatic carbocycles. The predicted octanol–water partition coefficient (Wildman–Crippen LogP) is 2.22. The molecule has 0 amide bonds. The molecule has 0 heteroatoms. The highest BCUT2D eigenvalue weighted by molar-refractivity contribution is 4.98. The van der Waals surface area contributed by atoms with Gasteiger partial charge >= 0.3 is 0 Å². The minimum absolute atomic E-state index is 0.120. The lowest BCUT2D eigenvalue weighted by Crippen LogP contribution is -2.03. The topological polar surface area (TPSA) is 0 Å². The number of rotatable bonds is 2. The van der Waals surface area contributed by atoms with Gasteiger partial charge in [0.1, 0.15) is 0 Å². The van der Waals surface area contributed by atoms with Crippen LogP contribution < -0.4 is 0 Å². The van der Waals surface area contributed by atoms with Crippen LogP contribution >= 0.6 is 0 Å². The molecule has 0 radical (unpaired) electrons. The molecule has 0 unspecified atom stereocenters. The second kappa shape index (κ2) is 2.57. The van der Waals surface area contributed by atoms with Crippen molar-refractivity contribution in [3.8, 4) is 12.3 Å². The van der Waals surface area contributed by atoms with Crippen LogP contribution in [0.3, 0.4) is 0 Å². The summed E-state index contributed by atoms with van der Waals surface area (Å²) in [6.45, 7) is 7.79. The van der Waals surface area contributed by atoms with Crippen molar-refractivity contribution in [1.29, 1.82) is 0 Å². The molecule has 0 bridgehead atoms. The molecule has 0 aromatic carbocycles. The third kappa shape index (κ3) is 2.47. The van der Waals surface area contributed by atoms with Gasteiger partial charge in [-0.3, -0.25) is 0 Å². The van der Waals surface area contributed by atoms with Crippen LogP contribution in [0.5, 0.6) is 0 Å². The lowest BCUT2D eigenvalue weighted by molar-refractivity contribution is 0.499. The number of allylic oxidation sites excluding steroid dienone is 1. The van der Waals surface area contributed by atoms with E-state index in [2.05, 4.69) is 26.3 Å². The van der Waals surface area contributed by atoms with Crippen LogP contribution in [0.1, 0.15) is 20.3 Å². The van der Waals surface area contributed by atoms with E-state index in [-0.39, 0.29) is 5.41 Å². The molecule has 0 rings (SSSR count). The largest absolute Gasteiger partial charge is 0.120 e. The van der Waals surface area contributed by atoms with E-state index in [1.165, 1.54) is 0 Å². The zero-order chi connectivity index (χ0) is 6.62. The second-order valence-electron chi connectivity index (χ2n) is 2.57. The van der Waals surface area contributed by atoms with E-state index in [1.807, 2.05) is 6.08 Å². The fourth-order valence-electron chi connectivity index (χ4n) is 0.335. The van der Waals surface area contributed by atoms with Crippen LogP contribution in [-0.4, -0.2) is 0 Å². The molecule has 8 heavy (non-hydrogen) atoms. The Morgan fingerprint density at radius 3 is 2.38 bits per heavy atom. The van der Waals surface area contributed by atoms with E-state index in [0.29, 0.717) is 0 Å². The molecular formula is C8H12. The van der Waals surface area contributed by atoms with Crippen molar-refractivity contribution in [2.45, 2.75) is 20.3 Å². The van der Waals surface area contributed by atoms with Gasteiger partial charge in [0.2, 0.25) is 0 Å². The maximum Gasteiger partial charge on any atom is 0.0172 e. The van der Waals surface area contributed by atoms with Crippen LogP contribution in [-0.2, 0) is 0 Å². The summed E-state index contributed by atoms with van der Waals surface area (Å²) in [5.74, 6) is 2.59. The van der Waals surface area contributed by atoms with Crippen LogP contribution in [0, 0.1) is 17.8 Å². The summed E-state index contributed by atoms with van der Waals surface area (Å²) < 4.78 is 0. The summed E-state index contributed by atoms with van der Waals surface area (Å²) in [6, 6.07) is 0. The van der Waals surface area contributed by atoms with Gasteiger partial charge in [0, 0.05) is 6.42 Å². The van der Waals surface area contributed by atoms with Crippen LogP contribution in [0.15, 0.2) is 12.7 Å². The first-order chi connectivity index (χ1) is 3.62. The van der Waals surface area contributed by atoms with E-state index >= 15 is 0 Å². The second-order valence-corrected chi connectivity index (χ2v) is 2.57. The predicted molar refractivity (Wildman–Crippen MR) is 37.4 cm³/mol. The lowest BCUT2D eigenvalue weighted by Gasteiger charge is -2.14. The number of terminal acetylenes is 1. The fraction of sp³-hybridized carbons (Fsp3) is 0.500. The van der Waals surface area contributed by atoms with Crippen molar-refractivity contribution in [3.05, 3.63) is 12.7 Å². The zero-order valence-electron chi connectivity index (χ0n) is 5.57. The molecule has 0 spiro atoms. The summed E-state index contributed by atoms with van der Waals surface area (Å²) in [4.78, 5) is 0. The van der Waals surface area contributed by atoms with Crippen LogP contribution in [0.2, 0.25) is 0 Å². The summed E-state index contributed by atoms with van der Waals surface area (Å²) in [7, 11) is 0. The molecule has 0 fully saturated rings. The van der Waals surface area contributed by atoms with Crippen LogP contribution in [0.25, 0.3) is 0 Å². The standard InChI is InChI=1S/C8H12/c1-5-7-8(3,4)6-2/h1,6H,2,7H2,3-4H3. The van der Waals surface area contributed by atoms with Crippen molar-refractivity contribution in [2.75, 3.05) is 0 Å². The third-order valence-corrected chi connectivity index (χ3v) is 1.11. The molecular weight excluding hydrogens is 96.1 g/mol. The molecule has 0 heterocycles. The van der Waals surface area contributed by atoms with Gasteiger partial charge in [-0.1, -0.05) is 19.9 Å². The Morgan fingerprint density at radius 1 is 1.75 bits per heavy atom. The smallest absolute Gasteiger partial charge is 0.0172 e. The molecule has 0 saturated carbocycles. The molecule has 0 aliphatic heterocycles. The molecule has 0 aliphatic rings. The van der Waals surface area contributed by atoms with Crippen LogP contribution in [0.4, 0.5) is 0 Å². The van der Waals surface area contributed by atoms with Gasteiger partial charge in [0.05, 0.1) is 0 Å². The van der Waals surface area contributed by atoms with E-state index in [4.69, 9.17) is 6.42 Å². The average Bonchev–Trinajstić information content (AvgIpc) is 1.67. The monoisotopic (exact) mass is 108 g/mol. The number of hydrogen-bond acceptors (Lipinski definition) is 0. The van der Waals surface area contributed by atoms with Gasteiger partial charge in [0.25, 0.3) is 0 Å². The van der Waals surface area contributed by atoms with Gasteiger partial charge in [-0.05, 0) is 5.41 Å². The van der Waals surface area contributed by atoms with Crippen molar-refractivity contribution in [3.63, 3.8) is 0 Å². The van der Waals surface area contributed by atoms with E-state index in [9.17, 15) is 0 Å². The summed E-state index contributed by atoms with van der Waals surface area (Å²) in [5.41, 5.74) is 0.120. The molecule has 0 aromatic heterocycles. The minimum Gasteiger partial charge on any atom is -0.120 e. The molecule has 0 aromatic rings. The molecule has 0 nitrogen and oxygen atoms in total. The highest BCUT2D eigenvalue weighted by Crippen LogP contribution is 2.19. The van der Waals surface area contributed by atoms with Crippen molar-refractivity contribution >= 4 is 0 Å². The van der Waals surface area contributed by atoms with Crippen molar-refractivity contribution < 1.29 is 0 Å². The summed E-state index contributed by atoms with van der Waals surface area (Å²) in [6.07, 6.45) is 7.75. The normalized spacial score (nSPS) is 10.1. The maximum absolute atomic E-state index is 5.09. The van der Waals surface area contributed by atoms with E-state index in [1.54, 1.807) is 0 Å². The average molecular weight is 108 g/mol. The van der Waals surface area contributed by atoms with Crippen molar-refractivity contribution in [1.82, 2.24) is 0 Å². The summed E-state index contributed by atoms with van der Waals surface area (Å²) in [5, 5.41) is 0. The highest BCUT2D eigenvalue weighted by atomic mass is 14.1. The Morgan fingerprint density at radius 2 is 2.25 bits per heavy atom. The maximum atomic E-state index is 5.09. The lowest BCUT2D eigenvalue weighted by atomic mass is 9.90. The first-order valence-electron chi connectivity index (χ1n) is 2.69. The van der Waals surface area contributed by atoms with E-state index < -0.39 is 0 Å². The van der Waals surface area contributed by atoms with Gasteiger partial charge < -0.3 is 0 Å². The highest BCUT2D eigenvalue weighted by Gasteiger charge is 2.08. The Balaban J connectivity index is 3.76. The van der Waals surface area contributed by atoms with E-state index in [0.717, 1.165) is 6.42 Å². The fourth-order valence-corrected chi connectivity index (χ4v) is 0.335. The van der Waals surface area contributed by atoms with Gasteiger partial charge in [-0.25, -0.2) is 0 Å². The first kappa shape index (κ1) is 7.30. The first-order valence-corrected chi connectivity index (χ1v) is 2.69. The molecule has 0 saturated heterocycles. The quantitative estimate of drug-likeness (QED) is 0.376.